The van der Waals surface area contributed by atoms with E-state index in [0.29, 0.717) is 18.8 Å². The molecule has 0 bridgehead atoms. The smallest absolute Gasteiger partial charge is 0.220 e. The van der Waals surface area contributed by atoms with Crippen molar-refractivity contribution in [2.45, 2.75) is 39.0 Å². The van der Waals surface area contributed by atoms with Crippen molar-refractivity contribution in [1.82, 2.24) is 5.32 Å². The van der Waals surface area contributed by atoms with Crippen molar-refractivity contribution in [2.75, 3.05) is 11.9 Å². The zero-order chi connectivity index (χ0) is 13.2. The SMILES string of the molecule is CCCC(CCBr)CNC(=O)CCc1ccco1. The maximum atomic E-state index is 11.7. The molecule has 3 nitrogen and oxygen atoms in total. The predicted molar refractivity (Wildman–Crippen MR) is 76.8 cm³/mol. The van der Waals surface area contributed by atoms with Gasteiger partial charge in [-0.1, -0.05) is 29.3 Å². The van der Waals surface area contributed by atoms with Crippen molar-refractivity contribution in [3.8, 4) is 0 Å². The fourth-order valence-electron chi connectivity index (χ4n) is 1.95. The highest BCUT2D eigenvalue weighted by Crippen LogP contribution is 2.11. The summed E-state index contributed by atoms with van der Waals surface area (Å²) < 4.78 is 5.20. The summed E-state index contributed by atoms with van der Waals surface area (Å²) in [5.74, 6) is 1.57. The highest BCUT2D eigenvalue weighted by Gasteiger charge is 2.09. The van der Waals surface area contributed by atoms with E-state index in [1.165, 1.54) is 12.8 Å². The molecule has 1 N–H and O–H groups in total. The number of carbonyl (C=O) groups is 1. The van der Waals surface area contributed by atoms with E-state index < -0.39 is 0 Å². The van der Waals surface area contributed by atoms with Crippen LogP contribution in [0.4, 0.5) is 0 Å². The molecule has 0 radical (unpaired) electrons. The fraction of sp³-hybridized carbons (Fsp3) is 0.643. The molecule has 1 aromatic heterocycles. The van der Waals surface area contributed by atoms with Crippen LogP contribution in [0, 0.1) is 5.92 Å². The summed E-state index contributed by atoms with van der Waals surface area (Å²) in [5.41, 5.74) is 0. The first-order valence-corrected chi connectivity index (χ1v) is 7.73. The van der Waals surface area contributed by atoms with Crippen molar-refractivity contribution >= 4 is 21.8 Å². The molecule has 1 rings (SSSR count). The van der Waals surface area contributed by atoms with Gasteiger partial charge >= 0.3 is 0 Å². The number of nitrogens with one attached hydrogen (secondary N) is 1. The molecule has 0 aliphatic rings. The first kappa shape index (κ1) is 15.3. The van der Waals surface area contributed by atoms with E-state index in [2.05, 4.69) is 28.2 Å². The van der Waals surface area contributed by atoms with Crippen LogP contribution in [0.25, 0.3) is 0 Å². The van der Waals surface area contributed by atoms with Gasteiger partial charge in [0.25, 0.3) is 0 Å². The lowest BCUT2D eigenvalue weighted by Gasteiger charge is -2.15. The molecule has 0 saturated carbocycles. The van der Waals surface area contributed by atoms with Crippen molar-refractivity contribution in [2.24, 2.45) is 5.92 Å². The Morgan fingerprint density at radius 3 is 2.94 bits per heavy atom. The number of hydrogen-bond acceptors (Lipinski definition) is 2. The van der Waals surface area contributed by atoms with Crippen LogP contribution in [-0.2, 0) is 11.2 Å². The monoisotopic (exact) mass is 315 g/mol. The maximum Gasteiger partial charge on any atom is 0.220 e. The van der Waals surface area contributed by atoms with Gasteiger partial charge in [-0.3, -0.25) is 4.79 Å². The van der Waals surface area contributed by atoms with E-state index >= 15 is 0 Å². The molecule has 18 heavy (non-hydrogen) atoms. The number of alkyl halides is 1. The molecule has 1 heterocycles. The van der Waals surface area contributed by atoms with Gasteiger partial charge in [-0.05, 0) is 30.9 Å². The normalized spacial score (nSPS) is 12.3. The first-order chi connectivity index (χ1) is 8.76. The number of halogens is 1. The van der Waals surface area contributed by atoms with Crippen LogP contribution >= 0.6 is 15.9 Å². The van der Waals surface area contributed by atoms with E-state index in [9.17, 15) is 4.79 Å². The summed E-state index contributed by atoms with van der Waals surface area (Å²) in [6.45, 7) is 2.97. The zero-order valence-corrected chi connectivity index (χ0v) is 12.5. The lowest BCUT2D eigenvalue weighted by atomic mass is 10.0. The topological polar surface area (TPSA) is 42.2 Å². The van der Waals surface area contributed by atoms with Gasteiger partial charge < -0.3 is 9.73 Å². The number of aryl methyl sites for hydroxylation is 1. The predicted octanol–water partition coefficient (Wildman–Crippen LogP) is 3.53. The summed E-state index contributed by atoms with van der Waals surface area (Å²) in [7, 11) is 0. The van der Waals surface area contributed by atoms with Crippen LogP contribution in [0.3, 0.4) is 0 Å². The summed E-state index contributed by atoms with van der Waals surface area (Å²) >= 11 is 3.46. The number of rotatable bonds is 9. The molecule has 1 atom stereocenters. The molecule has 1 unspecified atom stereocenters. The van der Waals surface area contributed by atoms with Gasteiger partial charge in [0.2, 0.25) is 5.91 Å². The van der Waals surface area contributed by atoms with Crippen LogP contribution < -0.4 is 5.32 Å². The Labute approximate surface area is 117 Å². The van der Waals surface area contributed by atoms with Gasteiger partial charge in [0.05, 0.1) is 6.26 Å². The van der Waals surface area contributed by atoms with Crippen molar-refractivity contribution in [3.05, 3.63) is 24.2 Å². The number of furan rings is 1. The molecular weight excluding hydrogens is 294 g/mol. The average Bonchev–Trinajstić information content (AvgIpc) is 2.87. The molecule has 4 heteroatoms. The molecule has 0 aliphatic heterocycles. The van der Waals surface area contributed by atoms with Crippen LogP contribution in [0.15, 0.2) is 22.8 Å². The Morgan fingerprint density at radius 1 is 1.50 bits per heavy atom. The minimum atomic E-state index is 0.113. The molecule has 102 valence electrons. The quantitative estimate of drug-likeness (QED) is 0.708. The average molecular weight is 316 g/mol. The third kappa shape index (κ3) is 6.24. The molecule has 0 fully saturated rings. The standard InChI is InChI=1S/C14H22BrNO2/c1-2-4-12(8-9-15)11-16-14(17)7-6-13-5-3-10-18-13/h3,5,10,12H,2,4,6-9,11H2,1H3,(H,16,17). The number of amides is 1. The molecule has 0 spiro atoms. The first-order valence-electron chi connectivity index (χ1n) is 6.61. The second kappa shape index (κ2) is 9.20. The lowest BCUT2D eigenvalue weighted by molar-refractivity contribution is -0.121. The van der Waals surface area contributed by atoms with Crippen LogP contribution in [-0.4, -0.2) is 17.8 Å². The van der Waals surface area contributed by atoms with Gasteiger partial charge in [-0.25, -0.2) is 0 Å². The highest BCUT2D eigenvalue weighted by molar-refractivity contribution is 9.09. The third-order valence-electron chi connectivity index (χ3n) is 2.98. The third-order valence-corrected chi connectivity index (χ3v) is 3.44. The molecular formula is C14H22BrNO2. The summed E-state index contributed by atoms with van der Waals surface area (Å²) in [5, 5.41) is 4.01. The summed E-state index contributed by atoms with van der Waals surface area (Å²) in [4.78, 5) is 11.7. The van der Waals surface area contributed by atoms with Crippen molar-refractivity contribution < 1.29 is 9.21 Å². The summed E-state index contributed by atoms with van der Waals surface area (Å²) in [6.07, 6.45) is 6.27. The molecule has 0 saturated heterocycles. The van der Waals surface area contributed by atoms with E-state index in [1.807, 2.05) is 12.1 Å². The largest absolute Gasteiger partial charge is 0.469 e. The molecule has 0 aliphatic carbocycles. The van der Waals surface area contributed by atoms with Gasteiger partial charge in [0.15, 0.2) is 0 Å². The Hall–Kier alpha value is -0.770. The van der Waals surface area contributed by atoms with Gasteiger partial charge in [-0.2, -0.15) is 0 Å². The zero-order valence-electron chi connectivity index (χ0n) is 11.0. The van der Waals surface area contributed by atoms with Gasteiger partial charge in [0.1, 0.15) is 5.76 Å². The van der Waals surface area contributed by atoms with Crippen LogP contribution in [0.5, 0.6) is 0 Å². The number of hydrogen-bond donors (Lipinski definition) is 1. The van der Waals surface area contributed by atoms with Gasteiger partial charge in [-0.15, -0.1) is 0 Å². The van der Waals surface area contributed by atoms with Gasteiger partial charge in [0, 0.05) is 24.7 Å². The van der Waals surface area contributed by atoms with E-state index in [0.717, 1.165) is 24.1 Å². The summed E-state index contributed by atoms with van der Waals surface area (Å²) in [6, 6.07) is 3.75. The second-order valence-corrected chi connectivity index (χ2v) is 5.31. The minimum absolute atomic E-state index is 0.113. The lowest BCUT2D eigenvalue weighted by Crippen LogP contribution is -2.29. The van der Waals surface area contributed by atoms with E-state index in [-0.39, 0.29) is 5.91 Å². The van der Waals surface area contributed by atoms with Crippen LogP contribution in [0.2, 0.25) is 0 Å². The highest BCUT2D eigenvalue weighted by atomic mass is 79.9. The molecule has 1 aromatic rings. The number of carbonyl (C=O) groups excluding carboxylic acids is 1. The van der Waals surface area contributed by atoms with Crippen LogP contribution in [0.1, 0.15) is 38.4 Å². The second-order valence-electron chi connectivity index (χ2n) is 4.52. The van der Waals surface area contributed by atoms with Crippen molar-refractivity contribution in [1.29, 1.82) is 0 Å². The minimum Gasteiger partial charge on any atom is -0.469 e. The fourth-order valence-corrected chi connectivity index (χ4v) is 2.60. The van der Waals surface area contributed by atoms with E-state index in [4.69, 9.17) is 4.42 Å². The Kier molecular flexibility index (Phi) is 7.81. The van der Waals surface area contributed by atoms with E-state index in [1.54, 1.807) is 6.26 Å². The molecule has 1 amide bonds. The maximum absolute atomic E-state index is 11.7. The van der Waals surface area contributed by atoms with Crippen molar-refractivity contribution in [3.63, 3.8) is 0 Å². The Morgan fingerprint density at radius 2 is 2.33 bits per heavy atom. The molecule has 0 aromatic carbocycles. The Bertz CT molecular complexity index is 319. The Balaban J connectivity index is 2.18.